The van der Waals surface area contributed by atoms with Crippen LogP contribution in [0.1, 0.15) is 31.4 Å². The van der Waals surface area contributed by atoms with Gasteiger partial charge in [-0.05, 0) is 25.9 Å². The molecule has 0 saturated carbocycles. The molecule has 1 aromatic heterocycles. The molecular formula is C9H14ClN3S. The Bertz CT molecular complexity index is 281. The summed E-state index contributed by atoms with van der Waals surface area (Å²) in [6.07, 6.45) is 5.32. The second-order valence-electron chi connectivity index (χ2n) is 3.68. The predicted octanol–water partition coefficient (Wildman–Crippen LogP) is 2.57. The van der Waals surface area contributed by atoms with Crippen molar-refractivity contribution >= 4 is 23.1 Å². The summed E-state index contributed by atoms with van der Waals surface area (Å²) < 4.78 is 4.59. The van der Waals surface area contributed by atoms with Crippen molar-refractivity contribution < 1.29 is 0 Å². The van der Waals surface area contributed by atoms with Crippen LogP contribution in [0.5, 0.6) is 0 Å². The Kier molecular flexibility index (Phi) is 3.73. The van der Waals surface area contributed by atoms with E-state index >= 15 is 0 Å². The molecule has 0 aromatic carbocycles. The van der Waals surface area contributed by atoms with Gasteiger partial charge < -0.3 is 0 Å². The maximum Gasteiger partial charge on any atom is 0.138 e. The van der Waals surface area contributed by atoms with Crippen LogP contribution in [0.25, 0.3) is 0 Å². The molecule has 1 fully saturated rings. The SMILES string of the molecule is Clc1snnc1CN1CCCCCC1. The highest BCUT2D eigenvalue weighted by atomic mass is 35.5. The molecule has 0 N–H and O–H groups in total. The summed E-state index contributed by atoms with van der Waals surface area (Å²) in [5.74, 6) is 0. The highest BCUT2D eigenvalue weighted by Crippen LogP contribution is 2.20. The van der Waals surface area contributed by atoms with Crippen LogP contribution >= 0.6 is 23.1 Å². The van der Waals surface area contributed by atoms with E-state index in [1.54, 1.807) is 0 Å². The van der Waals surface area contributed by atoms with Gasteiger partial charge in [-0.2, -0.15) is 0 Å². The Morgan fingerprint density at radius 3 is 2.50 bits per heavy atom. The molecule has 0 bridgehead atoms. The van der Waals surface area contributed by atoms with Gasteiger partial charge in [-0.15, -0.1) is 5.10 Å². The molecule has 0 unspecified atom stereocenters. The zero-order valence-corrected chi connectivity index (χ0v) is 9.65. The van der Waals surface area contributed by atoms with Gasteiger partial charge in [0.05, 0.1) is 0 Å². The van der Waals surface area contributed by atoms with E-state index in [2.05, 4.69) is 14.5 Å². The molecule has 0 aliphatic carbocycles. The number of halogens is 1. The van der Waals surface area contributed by atoms with Crippen molar-refractivity contribution in [2.24, 2.45) is 0 Å². The lowest BCUT2D eigenvalue weighted by atomic mass is 10.2. The third kappa shape index (κ3) is 2.65. The normalized spacial score (nSPS) is 19.5. The lowest BCUT2D eigenvalue weighted by Gasteiger charge is -2.17. The van der Waals surface area contributed by atoms with Crippen LogP contribution in [-0.2, 0) is 6.54 Å². The number of rotatable bonds is 2. The predicted molar refractivity (Wildman–Crippen MR) is 58.7 cm³/mol. The number of likely N-dealkylation sites (tertiary alicyclic amines) is 1. The van der Waals surface area contributed by atoms with Gasteiger partial charge in [0, 0.05) is 18.1 Å². The van der Waals surface area contributed by atoms with E-state index in [4.69, 9.17) is 11.6 Å². The Morgan fingerprint density at radius 2 is 1.93 bits per heavy atom. The minimum absolute atomic E-state index is 0.745. The number of hydrogen-bond acceptors (Lipinski definition) is 4. The summed E-state index contributed by atoms with van der Waals surface area (Å²) in [5, 5.41) is 4.04. The van der Waals surface area contributed by atoms with E-state index in [-0.39, 0.29) is 0 Å². The topological polar surface area (TPSA) is 29.0 Å². The van der Waals surface area contributed by atoms with Crippen molar-refractivity contribution in [3.8, 4) is 0 Å². The van der Waals surface area contributed by atoms with Crippen molar-refractivity contribution in [1.29, 1.82) is 0 Å². The second kappa shape index (κ2) is 5.05. The van der Waals surface area contributed by atoms with Gasteiger partial charge in [-0.1, -0.05) is 28.9 Å². The fourth-order valence-electron chi connectivity index (χ4n) is 1.80. The van der Waals surface area contributed by atoms with Crippen LogP contribution < -0.4 is 0 Å². The zero-order valence-electron chi connectivity index (χ0n) is 8.08. The molecule has 1 aliphatic rings. The minimum Gasteiger partial charge on any atom is -0.297 e. The summed E-state index contributed by atoms with van der Waals surface area (Å²) >= 11 is 7.24. The van der Waals surface area contributed by atoms with Crippen molar-refractivity contribution in [2.75, 3.05) is 13.1 Å². The monoisotopic (exact) mass is 231 g/mol. The highest BCUT2D eigenvalue weighted by Gasteiger charge is 2.13. The summed E-state index contributed by atoms with van der Waals surface area (Å²) in [4.78, 5) is 2.43. The molecular weight excluding hydrogens is 218 g/mol. The third-order valence-electron chi connectivity index (χ3n) is 2.58. The maximum atomic E-state index is 5.97. The van der Waals surface area contributed by atoms with E-state index < -0.39 is 0 Å². The highest BCUT2D eigenvalue weighted by molar-refractivity contribution is 7.10. The molecule has 78 valence electrons. The average Bonchev–Trinajstić information content (AvgIpc) is 2.44. The van der Waals surface area contributed by atoms with Crippen LogP contribution in [0.3, 0.4) is 0 Å². The third-order valence-corrected chi connectivity index (χ3v) is 3.57. The number of aromatic nitrogens is 2. The Labute approximate surface area is 93.2 Å². The molecule has 0 spiro atoms. The minimum atomic E-state index is 0.745. The molecule has 2 rings (SSSR count). The molecule has 0 radical (unpaired) electrons. The molecule has 1 aromatic rings. The first kappa shape index (κ1) is 10.3. The quantitative estimate of drug-likeness (QED) is 0.784. The summed E-state index contributed by atoms with van der Waals surface area (Å²) in [5.41, 5.74) is 0.943. The van der Waals surface area contributed by atoms with E-state index in [1.807, 2.05) is 0 Å². The van der Waals surface area contributed by atoms with Crippen molar-refractivity contribution in [3.05, 3.63) is 10.0 Å². The van der Waals surface area contributed by atoms with Crippen molar-refractivity contribution in [1.82, 2.24) is 14.5 Å². The summed E-state index contributed by atoms with van der Waals surface area (Å²) in [7, 11) is 0. The van der Waals surface area contributed by atoms with E-state index in [0.29, 0.717) is 0 Å². The van der Waals surface area contributed by atoms with Crippen LogP contribution in [-0.4, -0.2) is 27.6 Å². The Hall–Kier alpha value is -0.190. The van der Waals surface area contributed by atoms with Crippen molar-refractivity contribution in [3.63, 3.8) is 0 Å². The van der Waals surface area contributed by atoms with Crippen LogP contribution in [0.15, 0.2) is 0 Å². The lowest BCUT2D eigenvalue weighted by molar-refractivity contribution is 0.273. The molecule has 0 atom stereocenters. The van der Waals surface area contributed by atoms with Gasteiger partial charge in [0.2, 0.25) is 0 Å². The van der Waals surface area contributed by atoms with E-state index in [0.717, 1.165) is 16.6 Å². The zero-order chi connectivity index (χ0) is 9.80. The van der Waals surface area contributed by atoms with E-state index in [1.165, 1.54) is 50.3 Å². The van der Waals surface area contributed by atoms with Gasteiger partial charge in [0.25, 0.3) is 0 Å². The maximum absolute atomic E-state index is 5.97. The smallest absolute Gasteiger partial charge is 0.138 e. The lowest BCUT2D eigenvalue weighted by Crippen LogP contribution is -2.24. The van der Waals surface area contributed by atoms with Gasteiger partial charge in [-0.25, -0.2) is 0 Å². The molecule has 2 heterocycles. The molecule has 3 nitrogen and oxygen atoms in total. The summed E-state index contributed by atoms with van der Waals surface area (Å²) in [6, 6.07) is 0. The second-order valence-corrected chi connectivity index (χ2v) is 5.04. The Morgan fingerprint density at radius 1 is 1.21 bits per heavy atom. The van der Waals surface area contributed by atoms with Crippen LogP contribution in [0.2, 0.25) is 4.34 Å². The largest absolute Gasteiger partial charge is 0.297 e. The van der Waals surface area contributed by atoms with Gasteiger partial charge in [0.1, 0.15) is 10.0 Å². The Balaban J connectivity index is 1.92. The summed E-state index contributed by atoms with van der Waals surface area (Å²) in [6.45, 7) is 3.22. The van der Waals surface area contributed by atoms with Gasteiger partial charge in [-0.3, -0.25) is 4.90 Å². The van der Waals surface area contributed by atoms with Crippen molar-refractivity contribution in [2.45, 2.75) is 32.2 Å². The number of nitrogens with zero attached hydrogens (tertiary/aromatic N) is 3. The van der Waals surface area contributed by atoms with Gasteiger partial charge in [0.15, 0.2) is 0 Å². The first-order valence-electron chi connectivity index (χ1n) is 5.05. The standard InChI is InChI=1S/C9H14ClN3S/c10-9-8(11-12-14-9)7-13-5-3-1-2-4-6-13/h1-7H2. The first-order valence-corrected chi connectivity index (χ1v) is 6.20. The fraction of sp³-hybridized carbons (Fsp3) is 0.778. The molecule has 14 heavy (non-hydrogen) atoms. The van der Waals surface area contributed by atoms with Crippen LogP contribution in [0.4, 0.5) is 0 Å². The molecule has 5 heteroatoms. The average molecular weight is 232 g/mol. The fourth-order valence-corrected chi connectivity index (χ4v) is 2.41. The van der Waals surface area contributed by atoms with Gasteiger partial charge >= 0.3 is 0 Å². The molecule has 1 saturated heterocycles. The molecule has 1 aliphatic heterocycles. The molecule has 0 amide bonds. The van der Waals surface area contributed by atoms with Crippen LogP contribution in [0, 0.1) is 0 Å². The van der Waals surface area contributed by atoms with E-state index in [9.17, 15) is 0 Å². The number of hydrogen-bond donors (Lipinski definition) is 0. The first-order chi connectivity index (χ1) is 6.86.